The highest BCUT2D eigenvalue weighted by Gasteiger charge is 2.38. The van der Waals surface area contributed by atoms with Crippen molar-refractivity contribution in [2.75, 3.05) is 0 Å². The molecule has 0 spiro atoms. The van der Waals surface area contributed by atoms with Crippen LogP contribution in [0.15, 0.2) is 41.9 Å². The molecule has 23 heavy (non-hydrogen) atoms. The monoisotopic (exact) mass is 320 g/mol. The molecule has 2 N–H and O–H groups in total. The van der Waals surface area contributed by atoms with Gasteiger partial charge in [-0.05, 0) is 18.1 Å². The van der Waals surface area contributed by atoms with Crippen LogP contribution in [0.25, 0.3) is 11.2 Å². The first-order valence-corrected chi connectivity index (χ1v) is 7.51. The van der Waals surface area contributed by atoms with Gasteiger partial charge in [-0.15, -0.1) is 0 Å². The van der Waals surface area contributed by atoms with Gasteiger partial charge in [0.2, 0.25) is 0 Å². The SMILES string of the molecule is NC1Cn2c(nc3ncccc32)C[C@@H]1C1CC(F)=C(F)C=C1F. The number of aromatic nitrogens is 3. The molecule has 2 unspecified atom stereocenters. The molecule has 4 rings (SSSR count). The fourth-order valence-electron chi connectivity index (χ4n) is 3.57. The Morgan fingerprint density at radius 1 is 1.22 bits per heavy atom. The third-order valence-corrected chi connectivity index (χ3v) is 4.76. The van der Waals surface area contributed by atoms with E-state index in [9.17, 15) is 13.2 Å². The van der Waals surface area contributed by atoms with E-state index in [0.29, 0.717) is 24.7 Å². The van der Waals surface area contributed by atoms with E-state index in [0.717, 1.165) is 11.3 Å². The quantitative estimate of drug-likeness (QED) is 0.879. The minimum Gasteiger partial charge on any atom is -0.326 e. The summed E-state index contributed by atoms with van der Waals surface area (Å²) in [5.74, 6) is -3.00. The standard InChI is InChI=1S/C16H15F3N4/c17-10-6-12(19)11(18)4-8(10)9-5-15-22-16-14(2-1-3-21-16)23(15)7-13(9)20/h1-3,6,8-9,13H,4-5,7,20H2/t8?,9-,13?/m1/s1. The van der Waals surface area contributed by atoms with Gasteiger partial charge in [-0.25, -0.2) is 23.1 Å². The molecular weight excluding hydrogens is 305 g/mol. The van der Waals surface area contributed by atoms with Crippen molar-refractivity contribution >= 4 is 11.2 Å². The number of pyridine rings is 1. The van der Waals surface area contributed by atoms with E-state index in [2.05, 4.69) is 9.97 Å². The lowest BCUT2D eigenvalue weighted by Gasteiger charge is -2.35. The molecule has 1 aliphatic heterocycles. The van der Waals surface area contributed by atoms with Crippen molar-refractivity contribution in [3.8, 4) is 0 Å². The van der Waals surface area contributed by atoms with Crippen molar-refractivity contribution in [3.63, 3.8) is 0 Å². The summed E-state index contributed by atoms with van der Waals surface area (Å²) in [6.07, 6.45) is 2.42. The molecule has 1 aliphatic carbocycles. The molecule has 2 aromatic rings. The summed E-state index contributed by atoms with van der Waals surface area (Å²) in [5.41, 5.74) is 7.72. The fourth-order valence-corrected chi connectivity index (χ4v) is 3.57. The highest BCUT2D eigenvalue weighted by molar-refractivity contribution is 5.71. The van der Waals surface area contributed by atoms with Crippen molar-refractivity contribution < 1.29 is 13.2 Å². The van der Waals surface area contributed by atoms with Gasteiger partial charge in [0.15, 0.2) is 11.5 Å². The molecule has 0 bridgehead atoms. The average molecular weight is 320 g/mol. The van der Waals surface area contributed by atoms with Crippen LogP contribution in [0.3, 0.4) is 0 Å². The van der Waals surface area contributed by atoms with Gasteiger partial charge >= 0.3 is 0 Å². The van der Waals surface area contributed by atoms with E-state index in [1.54, 1.807) is 6.20 Å². The Balaban J connectivity index is 1.69. The fraction of sp³-hybridized carbons (Fsp3) is 0.375. The molecule has 0 radical (unpaired) electrons. The predicted molar refractivity (Wildman–Crippen MR) is 79.2 cm³/mol. The van der Waals surface area contributed by atoms with Gasteiger partial charge in [-0.2, -0.15) is 0 Å². The molecule has 4 nitrogen and oxygen atoms in total. The lowest BCUT2D eigenvalue weighted by Crippen LogP contribution is -2.44. The van der Waals surface area contributed by atoms with Gasteiger partial charge in [0.1, 0.15) is 17.5 Å². The Bertz CT molecular complexity index is 839. The number of rotatable bonds is 1. The van der Waals surface area contributed by atoms with E-state index in [-0.39, 0.29) is 18.4 Å². The maximum atomic E-state index is 14.1. The Morgan fingerprint density at radius 2 is 2.04 bits per heavy atom. The second kappa shape index (κ2) is 5.19. The number of allylic oxidation sites excluding steroid dienone is 4. The molecule has 0 saturated heterocycles. The second-order valence-corrected chi connectivity index (χ2v) is 6.11. The smallest absolute Gasteiger partial charge is 0.177 e. The Kier molecular flexibility index (Phi) is 3.26. The van der Waals surface area contributed by atoms with Gasteiger partial charge in [0, 0.05) is 43.6 Å². The van der Waals surface area contributed by atoms with Crippen molar-refractivity contribution in [2.24, 2.45) is 17.6 Å². The van der Waals surface area contributed by atoms with Crippen LogP contribution in [0.5, 0.6) is 0 Å². The van der Waals surface area contributed by atoms with E-state index in [1.807, 2.05) is 16.7 Å². The van der Waals surface area contributed by atoms with Crippen LogP contribution in [-0.2, 0) is 13.0 Å². The number of hydrogen-bond donors (Lipinski definition) is 1. The zero-order chi connectivity index (χ0) is 16.1. The molecule has 0 fully saturated rings. The van der Waals surface area contributed by atoms with Crippen LogP contribution in [0.4, 0.5) is 13.2 Å². The molecule has 0 saturated carbocycles. The van der Waals surface area contributed by atoms with E-state index >= 15 is 0 Å². The van der Waals surface area contributed by atoms with Gasteiger partial charge in [0.25, 0.3) is 0 Å². The Hall–Kier alpha value is -2.15. The average Bonchev–Trinajstić information content (AvgIpc) is 2.88. The molecular formula is C16H15F3N4. The first-order valence-electron chi connectivity index (χ1n) is 7.51. The highest BCUT2D eigenvalue weighted by Crippen LogP contribution is 2.40. The highest BCUT2D eigenvalue weighted by atomic mass is 19.2. The third-order valence-electron chi connectivity index (χ3n) is 4.76. The van der Waals surface area contributed by atoms with E-state index in [4.69, 9.17) is 5.73 Å². The molecule has 3 heterocycles. The van der Waals surface area contributed by atoms with Crippen molar-refractivity contribution in [1.29, 1.82) is 0 Å². The number of hydrogen-bond acceptors (Lipinski definition) is 3. The molecule has 2 aromatic heterocycles. The summed E-state index contributed by atoms with van der Waals surface area (Å²) >= 11 is 0. The molecule has 0 aromatic carbocycles. The van der Waals surface area contributed by atoms with Crippen LogP contribution < -0.4 is 5.73 Å². The Labute approximate surface area is 130 Å². The summed E-state index contributed by atoms with van der Waals surface area (Å²) in [7, 11) is 0. The second-order valence-electron chi connectivity index (χ2n) is 6.11. The summed E-state index contributed by atoms with van der Waals surface area (Å²) in [5, 5.41) is 0. The van der Waals surface area contributed by atoms with Crippen molar-refractivity contribution in [2.45, 2.75) is 25.4 Å². The molecule has 0 amide bonds. The van der Waals surface area contributed by atoms with Gasteiger partial charge in [-0.1, -0.05) is 0 Å². The van der Waals surface area contributed by atoms with Crippen molar-refractivity contribution in [3.05, 3.63) is 47.7 Å². The van der Waals surface area contributed by atoms with E-state index in [1.165, 1.54) is 0 Å². The summed E-state index contributed by atoms with van der Waals surface area (Å²) in [6, 6.07) is 3.37. The number of imidazole rings is 1. The first kappa shape index (κ1) is 14.4. The summed E-state index contributed by atoms with van der Waals surface area (Å²) in [6.45, 7) is 0.458. The summed E-state index contributed by atoms with van der Waals surface area (Å²) in [4.78, 5) is 8.68. The third kappa shape index (κ3) is 2.26. The first-order chi connectivity index (χ1) is 11.0. The minimum absolute atomic E-state index is 0.287. The maximum Gasteiger partial charge on any atom is 0.177 e. The van der Waals surface area contributed by atoms with Gasteiger partial charge in [-0.3, -0.25) is 0 Å². The van der Waals surface area contributed by atoms with Gasteiger partial charge < -0.3 is 10.3 Å². The van der Waals surface area contributed by atoms with Crippen LogP contribution in [0, 0.1) is 11.8 Å². The lowest BCUT2D eigenvalue weighted by atomic mass is 9.77. The molecule has 2 aliphatic rings. The number of fused-ring (bicyclic) bond motifs is 3. The van der Waals surface area contributed by atoms with Crippen LogP contribution in [0.2, 0.25) is 0 Å². The lowest BCUT2D eigenvalue weighted by molar-refractivity contribution is 0.217. The zero-order valence-corrected chi connectivity index (χ0v) is 12.2. The number of halogens is 3. The molecule has 7 heteroatoms. The summed E-state index contributed by atoms with van der Waals surface area (Å²) < 4.78 is 42.9. The number of nitrogens with zero attached hydrogens (tertiary/aromatic N) is 3. The predicted octanol–water partition coefficient (Wildman–Crippen LogP) is 2.95. The molecule has 3 atom stereocenters. The minimum atomic E-state index is -1.13. The zero-order valence-electron chi connectivity index (χ0n) is 12.2. The van der Waals surface area contributed by atoms with Crippen molar-refractivity contribution in [1.82, 2.24) is 14.5 Å². The normalized spacial score (nSPS) is 28.0. The Morgan fingerprint density at radius 3 is 2.87 bits per heavy atom. The van der Waals surface area contributed by atoms with E-state index < -0.39 is 23.4 Å². The largest absolute Gasteiger partial charge is 0.326 e. The van der Waals surface area contributed by atoms with Crippen LogP contribution in [-0.4, -0.2) is 20.6 Å². The van der Waals surface area contributed by atoms with Gasteiger partial charge in [0.05, 0.1) is 5.52 Å². The molecule has 120 valence electrons. The number of nitrogens with two attached hydrogens (primary N) is 1. The maximum absolute atomic E-state index is 14.1. The van der Waals surface area contributed by atoms with Crippen LogP contribution >= 0.6 is 0 Å². The van der Waals surface area contributed by atoms with Crippen LogP contribution in [0.1, 0.15) is 12.2 Å². The topological polar surface area (TPSA) is 56.7 Å².